The van der Waals surface area contributed by atoms with Gasteiger partial charge in [-0.2, -0.15) is 0 Å². The molecule has 1 amide bonds. The van der Waals surface area contributed by atoms with Crippen LogP contribution in [0.1, 0.15) is 46.4 Å². The molecule has 8 heteroatoms. The van der Waals surface area contributed by atoms with E-state index < -0.39 is 10.0 Å². The molecule has 3 aromatic rings. The molecule has 0 spiro atoms. The fraction of sp³-hybridized carbons (Fsp3) is 0.308. The lowest BCUT2D eigenvalue weighted by Gasteiger charge is -2.30. The highest BCUT2D eigenvalue weighted by atomic mass is 35.5. The number of amides is 1. The van der Waals surface area contributed by atoms with Crippen LogP contribution in [0.5, 0.6) is 0 Å². The van der Waals surface area contributed by atoms with Crippen LogP contribution in [0.3, 0.4) is 0 Å². The zero-order valence-electron chi connectivity index (χ0n) is 18.9. The lowest BCUT2D eigenvalue weighted by atomic mass is 9.98. The van der Waals surface area contributed by atoms with Crippen molar-refractivity contribution in [2.45, 2.75) is 31.7 Å². The number of allylic oxidation sites excluding steroid dienone is 1. The second-order valence-corrected chi connectivity index (χ2v) is 11.4. The van der Waals surface area contributed by atoms with Gasteiger partial charge in [-0.15, -0.1) is 0 Å². The van der Waals surface area contributed by atoms with Gasteiger partial charge in [0.1, 0.15) is 0 Å². The summed E-state index contributed by atoms with van der Waals surface area (Å²) in [4.78, 5) is 18.5. The molecule has 2 aromatic carbocycles. The first kappa shape index (κ1) is 23.0. The standard InChI is InChI=1S/C26H26ClN3O3S/c1-34(32,33)30-14-12-20(13-15-30)28-26(31)24-21-4-2-3-5-23(21)29-25-18(8-11-22(24)25)16-17-6-9-19(27)10-7-17/h2-7,9-10,16,20H,8,11-15H2,1H3,(H,28,31)/b18-16+. The minimum absolute atomic E-state index is 0.0569. The quantitative estimate of drug-likeness (QED) is 0.576. The molecule has 0 radical (unpaired) electrons. The molecule has 1 aliphatic carbocycles. The summed E-state index contributed by atoms with van der Waals surface area (Å²) in [7, 11) is -3.20. The predicted octanol–water partition coefficient (Wildman–Crippen LogP) is 4.53. The normalized spacial score (nSPS) is 18.4. The number of hydrogen-bond acceptors (Lipinski definition) is 4. The van der Waals surface area contributed by atoms with Crippen LogP contribution in [0.15, 0.2) is 48.5 Å². The fourth-order valence-electron chi connectivity index (χ4n) is 4.89. The molecule has 2 heterocycles. The molecule has 0 saturated carbocycles. The van der Waals surface area contributed by atoms with E-state index in [9.17, 15) is 13.2 Å². The highest BCUT2D eigenvalue weighted by Gasteiger charge is 2.30. The van der Waals surface area contributed by atoms with Gasteiger partial charge in [-0.05, 0) is 66.7 Å². The number of fused-ring (bicyclic) bond motifs is 2. The number of nitrogens with zero attached hydrogens (tertiary/aromatic N) is 2. The smallest absolute Gasteiger partial charge is 0.252 e. The Kier molecular flexibility index (Phi) is 6.18. The molecule has 1 aliphatic heterocycles. The van der Waals surface area contributed by atoms with Gasteiger partial charge in [0, 0.05) is 29.5 Å². The van der Waals surface area contributed by atoms with Crippen LogP contribution in [-0.2, 0) is 16.4 Å². The fourth-order valence-corrected chi connectivity index (χ4v) is 5.89. The van der Waals surface area contributed by atoms with Crippen LogP contribution in [0.4, 0.5) is 0 Å². The van der Waals surface area contributed by atoms with Gasteiger partial charge in [0.2, 0.25) is 10.0 Å². The minimum Gasteiger partial charge on any atom is -0.349 e. The first-order valence-electron chi connectivity index (χ1n) is 11.4. The second kappa shape index (κ2) is 9.13. The Labute approximate surface area is 204 Å². The summed E-state index contributed by atoms with van der Waals surface area (Å²) in [6.07, 6.45) is 6.12. The molecule has 0 atom stereocenters. The number of hydrogen-bond donors (Lipinski definition) is 1. The molecule has 0 bridgehead atoms. The number of nitrogens with one attached hydrogen (secondary N) is 1. The number of sulfonamides is 1. The summed E-state index contributed by atoms with van der Waals surface area (Å²) in [5.74, 6) is -0.111. The maximum absolute atomic E-state index is 13.6. The van der Waals surface area contributed by atoms with Gasteiger partial charge in [-0.3, -0.25) is 4.79 Å². The maximum atomic E-state index is 13.6. The van der Waals surface area contributed by atoms with Gasteiger partial charge in [0.05, 0.1) is 23.0 Å². The predicted molar refractivity (Wildman–Crippen MR) is 136 cm³/mol. The maximum Gasteiger partial charge on any atom is 0.252 e. The van der Waals surface area contributed by atoms with Crippen LogP contribution >= 0.6 is 11.6 Å². The number of para-hydroxylation sites is 1. The second-order valence-electron chi connectivity index (χ2n) is 8.96. The Bertz CT molecular complexity index is 1390. The Hall–Kier alpha value is -2.74. The summed E-state index contributed by atoms with van der Waals surface area (Å²) in [5.41, 5.74) is 5.49. The van der Waals surface area contributed by atoms with Gasteiger partial charge in [0.25, 0.3) is 5.91 Å². The van der Waals surface area contributed by atoms with E-state index >= 15 is 0 Å². The number of carbonyl (C=O) groups is 1. The monoisotopic (exact) mass is 495 g/mol. The third-order valence-electron chi connectivity index (χ3n) is 6.64. The van der Waals surface area contributed by atoms with Crippen LogP contribution in [-0.4, -0.2) is 49.0 Å². The largest absolute Gasteiger partial charge is 0.349 e. The van der Waals surface area contributed by atoms with E-state index in [-0.39, 0.29) is 11.9 Å². The van der Waals surface area contributed by atoms with E-state index in [4.69, 9.17) is 16.6 Å². The molecule has 34 heavy (non-hydrogen) atoms. The Morgan fingerprint density at radius 2 is 1.79 bits per heavy atom. The molecule has 1 N–H and O–H groups in total. The van der Waals surface area contributed by atoms with Gasteiger partial charge in [-0.25, -0.2) is 17.7 Å². The van der Waals surface area contributed by atoms with Crippen molar-refractivity contribution in [2.24, 2.45) is 0 Å². The zero-order valence-corrected chi connectivity index (χ0v) is 20.5. The summed E-state index contributed by atoms with van der Waals surface area (Å²) in [5, 5.41) is 4.72. The van der Waals surface area contributed by atoms with E-state index in [0.29, 0.717) is 36.5 Å². The van der Waals surface area contributed by atoms with Crippen LogP contribution in [0, 0.1) is 0 Å². The molecule has 1 fully saturated rings. The lowest BCUT2D eigenvalue weighted by Crippen LogP contribution is -2.46. The number of halogens is 1. The highest BCUT2D eigenvalue weighted by molar-refractivity contribution is 7.88. The first-order valence-corrected chi connectivity index (χ1v) is 13.7. The molecule has 1 aromatic heterocycles. The van der Waals surface area contributed by atoms with Crippen molar-refractivity contribution in [3.63, 3.8) is 0 Å². The van der Waals surface area contributed by atoms with Crippen molar-refractivity contribution in [3.8, 4) is 0 Å². The van der Waals surface area contributed by atoms with Crippen LogP contribution < -0.4 is 5.32 Å². The van der Waals surface area contributed by atoms with E-state index in [1.54, 1.807) is 0 Å². The van der Waals surface area contributed by atoms with E-state index in [1.807, 2.05) is 48.5 Å². The summed E-state index contributed by atoms with van der Waals surface area (Å²) in [6, 6.07) is 15.4. The molecular weight excluding hydrogens is 470 g/mol. The summed E-state index contributed by atoms with van der Waals surface area (Å²) >= 11 is 6.03. The third kappa shape index (κ3) is 4.60. The van der Waals surface area contributed by atoms with Gasteiger partial charge >= 0.3 is 0 Å². The molecule has 0 unspecified atom stereocenters. The average Bonchev–Trinajstić information content (AvgIpc) is 3.20. The molecule has 1 saturated heterocycles. The van der Waals surface area contributed by atoms with Crippen molar-refractivity contribution in [1.82, 2.24) is 14.6 Å². The van der Waals surface area contributed by atoms with E-state index in [0.717, 1.165) is 46.1 Å². The molecule has 5 rings (SSSR count). The highest BCUT2D eigenvalue weighted by Crippen LogP contribution is 2.37. The SMILES string of the molecule is CS(=O)(=O)N1CCC(NC(=O)c2c3c(nc4ccccc24)/C(=C/c2ccc(Cl)cc2)CC3)CC1. The number of piperidine rings is 1. The molecule has 176 valence electrons. The molecule has 2 aliphatic rings. The Balaban J connectivity index is 1.47. The van der Waals surface area contributed by atoms with Gasteiger partial charge in [-0.1, -0.05) is 41.9 Å². The van der Waals surface area contributed by atoms with Gasteiger partial charge < -0.3 is 5.32 Å². The zero-order chi connectivity index (χ0) is 23.9. The molecule has 6 nitrogen and oxygen atoms in total. The van der Waals surface area contributed by atoms with Crippen molar-refractivity contribution < 1.29 is 13.2 Å². The average molecular weight is 496 g/mol. The number of carbonyl (C=O) groups excluding carboxylic acids is 1. The summed E-state index contributed by atoms with van der Waals surface area (Å²) < 4.78 is 25.1. The minimum atomic E-state index is -3.20. The van der Waals surface area contributed by atoms with Crippen LogP contribution in [0.25, 0.3) is 22.6 Å². The Morgan fingerprint density at radius 1 is 1.09 bits per heavy atom. The number of benzene rings is 2. The number of pyridine rings is 1. The number of rotatable bonds is 4. The lowest BCUT2D eigenvalue weighted by molar-refractivity contribution is 0.0924. The van der Waals surface area contributed by atoms with Crippen LogP contribution in [0.2, 0.25) is 5.02 Å². The van der Waals surface area contributed by atoms with E-state index in [1.165, 1.54) is 10.6 Å². The number of aromatic nitrogens is 1. The van der Waals surface area contributed by atoms with E-state index in [2.05, 4.69) is 11.4 Å². The van der Waals surface area contributed by atoms with Crippen molar-refractivity contribution >= 4 is 50.1 Å². The third-order valence-corrected chi connectivity index (χ3v) is 8.19. The molecular formula is C26H26ClN3O3S. The van der Waals surface area contributed by atoms with Crippen molar-refractivity contribution in [2.75, 3.05) is 19.3 Å². The van der Waals surface area contributed by atoms with Gasteiger partial charge in [0.15, 0.2) is 0 Å². The van der Waals surface area contributed by atoms with Crippen molar-refractivity contribution in [3.05, 3.63) is 75.9 Å². The Morgan fingerprint density at radius 3 is 2.50 bits per heavy atom. The topological polar surface area (TPSA) is 79.4 Å². The summed E-state index contributed by atoms with van der Waals surface area (Å²) in [6.45, 7) is 0.847. The van der Waals surface area contributed by atoms with Crippen molar-refractivity contribution in [1.29, 1.82) is 0 Å². The first-order chi connectivity index (χ1) is 16.3.